The lowest BCUT2D eigenvalue weighted by atomic mass is 10.1. The van der Waals surface area contributed by atoms with E-state index in [1.165, 1.54) is 24.3 Å². The molecule has 4 nitrogen and oxygen atoms in total. The molecule has 84 valence electrons. The van der Waals surface area contributed by atoms with Gasteiger partial charge < -0.3 is 9.84 Å². The van der Waals surface area contributed by atoms with Crippen molar-refractivity contribution >= 4 is 11.9 Å². The molecule has 0 saturated heterocycles. The molecule has 4 heteroatoms. The molecule has 0 unspecified atom stereocenters. The molecule has 0 radical (unpaired) electrons. The summed E-state index contributed by atoms with van der Waals surface area (Å²) in [6, 6.07) is 5.60. The molecule has 16 heavy (non-hydrogen) atoms. The number of hydrogen-bond acceptors (Lipinski definition) is 3. The fourth-order valence-electron chi connectivity index (χ4n) is 1.07. The first-order valence-corrected chi connectivity index (χ1v) is 4.76. The van der Waals surface area contributed by atoms with Crippen molar-refractivity contribution in [1.82, 2.24) is 0 Å². The van der Waals surface area contributed by atoms with Gasteiger partial charge in [0.1, 0.15) is 0 Å². The minimum atomic E-state index is -1.02. The topological polar surface area (TPSA) is 63.6 Å². The third-order valence-corrected chi connectivity index (χ3v) is 1.92. The molecule has 0 aromatic heterocycles. The van der Waals surface area contributed by atoms with Gasteiger partial charge in [-0.3, -0.25) is 0 Å². The Morgan fingerprint density at radius 1 is 1.25 bits per heavy atom. The summed E-state index contributed by atoms with van der Waals surface area (Å²) in [5.74, 6) is -1.48. The van der Waals surface area contributed by atoms with Crippen molar-refractivity contribution < 1.29 is 19.4 Å². The molecule has 0 spiro atoms. The summed E-state index contributed by atoms with van der Waals surface area (Å²) in [5.41, 5.74) is 0.483. The fraction of sp³-hybridized carbons (Fsp3) is 0.167. The van der Waals surface area contributed by atoms with Gasteiger partial charge in [0.05, 0.1) is 17.7 Å². The van der Waals surface area contributed by atoms with E-state index in [-0.39, 0.29) is 12.2 Å². The Labute approximate surface area is 93.2 Å². The van der Waals surface area contributed by atoms with E-state index in [1.54, 1.807) is 6.08 Å². The first kappa shape index (κ1) is 12.0. The Kier molecular flexibility index (Phi) is 4.27. The van der Waals surface area contributed by atoms with Gasteiger partial charge in [-0.25, -0.2) is 9.59 Å². The standard InChI is InChI=1S/C12H12O4/c1-2-3-8-16-12(15)10-6-4-9(5-7-10)11(13)14/h2,4-7H,1,3,8H2,(H,13,14). The zero-order valence-corrected chi connectivity index (χ0v) is 8.68. The second-order valence-corrected chi connectivity index (χ2v) is 3.10. The highest BCUT2D eigenvalue weighted by Crippen LogP contribution is 2.06. The molecule has 0 heterocycles. The predicted molar refractivity (Wildman–Crippen MR) is 58.5 cm³/mol. The van der Waals surface area contributed by atoms with Crippen LogP contribution in [0.3, 0.4) is 0 Å². The summed E-state index contributed by atoms with van der Waals surface area (Å²) in [6.45, 7) is 3.79. The van der Waals surface area contributed by atoms with Crippen LogP contribution in [0.25, 0.3) is 0 Å². The Balaban J connectivity index is 2.63. The normalized spacial score (nSPS) is 9.50. The summed E-state index contributed by atoms with van der Waals surface area (Å²) >= 11 is 0. The predicted octanol–water partition coefficient (Wildman–Crippen LogP) is 2.12. The van der Waals surface area contributed by atoms with E-state index in [1.807, 2.05) is 0 Å². The minimum Gasteiger partial charge on any atom is -0.478 e. The van der Waals surface area contributed by atoms with Crippen molar-refractivity contribution in [3.63, 3.8) is 0 Å². The van der Waals surface area contributed by atoms with Crippen molar-refractivity contribution in [1.29, 1.82) is 0 Å². The number of carboxylic acid groups (broad SMARTS) is 1. The lowest BCUT2D eigenvalue weighted by Crippen LogP contribution is -2.06. The molecule has 0 fully saturated rings. The van der Waals surface area contributed by atoms with Crippen LogP contribution in [0.4, 0.5) is 0 Å². The van der Waals surface area contributed by atoms with Crippen molar-refractivity contribution in [2.75, 3.05) is 6.61 Å². The fourth-order valence-corrected chi connectivity index (χ4v) is 1.07. The van der Waals surface area contributed by atoms with Crippen LogP contribution in [0.15, 0.2) is 36.9 Å². The van der Waals surface area contributed by atoms with Crippen LogP contribution in [0.5, 0.6) is 0 Å². The molecular formula is C12H12O4. The summed E-state index contributed by atoms with van der Waals surface area (Å²) in [5, 5.41) is 8.66. The zero-order valence-electron chi connectivity index (χ0n) is 8.68. The van der Waals surface area contributed by atoms with Gasteiger partial charge in [0.25, 0.3) is 0 Å². The van der Waals surface area contributed by atoms with Crippen LogP contribution in [-0.4, -0.2) is 23.7 Å². The number of benzene rings is 1. The number of carbonyl (C=O) groups excluding carboxylic acids is 1. The van der Waals surface area contributed by atoms with Crippen molar-refractivity contribution in [2.45, 2.75) is 6.42 Å². The summed E-state index contributed by atoms with van der Waals surface area (Å²) < 4.78 is 4.91. The molecule has 0 amide bonds. The highest BCUT2D eigenvalue weighted by atomic mass is 16.5. The van der Waals surface area contributed by atoms with Gasteiger partial charge in [0, 0.05) is 0 Å². The Bertz CT molecular complexity index is 392. The first-order chi connectivity index (χ1) is 7.65. The van der Waals surface area contributed by atoms with Crippen LogP contribution in [0.2, 0.25) is 0 Å². The Hall–Kier alpha value is -2.10. The lowest BCUT2D eigenvalue weighted by molar-refractivity contribution is 0.0510. The van der Waals surface area contributed by atoms with Crippen LogP contribution >= 0.6 is 0 Å². The van der Waals surface area contributed by atoms with E-state index in [0.717, 1.165) is 0 Å². The Morgan fingerprint density at radius 2 is 1.81 bits per heavy atom. The number of ether oxygens (including phenoxy) is 1. The van der Waals surface area contributed by atoms with Crippen molar-refractivity contribution in [2.24, 2.45) is 0 Å². The van der Waals surface area contributed by atoms with Gasteiger partial charge in [0.2, 0.25) is 0 Å². The summed E-state index contributed by atoms with van der Waals surface area (Å²) in [7, 11) is 0. The molecule has 0 atom stereocenters. The van der Waals surface area contributed by atoms with E-state index in [4.69, 9.17) is 9.84 Å². The summed E-state index contributed by atoms with van der Waals surface area (Å²) in [6.07, 6.45) is 2.25. The molecule has 0 aliphatic carbocycles. The molecule has 1 aromatic rings. The van der Waals surface area contributed by atoms with Crippen LogP contribution in [0, 0.1) is 0 Å². The van der Waals surface area contributed by atoms with E-state index in [9.17, 15) is 9.59 Å². The van der Waals surface area contributed by atoms with Crippen molar-refractivity contribution in [3.05, 3.63) is 48.0 Å². The molecule has 1 aromatic carbocycles. The van der Waals surface area contributed by atoms with E-state index < -0.39 is 11.9 Å². The van der Waals surface area contributed by atoms with E-state index in [2.05, 4.69) is 6.58 Å². The molecule has 0 aliphatic rings. The molecule has 1 rings (SSSR count). The smallest absolute Gasteiger partial charge is 0.338 e. The van der Waals surface area contributed by atoms with Crippen LogP contribution in [0.1, 0.15) is 27.1 Å². The Morgan fingerprint density at radius 3 is 2.31 bits per heavy atom. The molecule has 1 N–H and O–H groups in total. The van der Waals surface area contributed by atoms with Gasteiger partial charge in [0.15, 0.2) is 0 Å². The van der Waals surface area contributed by atoms with Gasteiger partial charge in [-0.2, -0.15) is 0 Å². The molecule has 0 aliphatic heterocycles. The lowest BCUT2D eigenvalue weighted by Gasteiger charge is -2.03. The third kappa shape index (κ3) is 3.24. The highest BCUT2D eigenvalue weighted by Gasteiger charge is 2.08. The number of carbonyl (C=O) groups is 2. The highest BCUT2D eigenvalue weighted by molar-refractivity contribution is 5.92. The maximum atomic E-state index is 11.4. The number of aromatic carboxylic acids is 1. The quantitative estimate of drug-likeness (QED) is 0.469. The molecule has 0 bridgehead atoms. The minimum absolute atomic E-state index is 0.141. The summed E-state index contributed by atoms with van der Waals surface area (Å²) in [4.78, 5) is 22.0. The number of rotatable bonds is 5. The van der Waals surface area contributed by atoms with Gasteiger partial charge in [-0.15, -0.1) is 6.58 Å². The van der Waals surface area contributed by atoms with Crippen LogP contribution in [-0.2, 0) is 4.74 Å². The third-order valence-electron chi connectivity index (χ3n) is 1.92. The number of carboxylic acids is 1. The first-order valence-electron chi connectivity index (χ1n) is 4.76. The second kappa shape index (κ2) is 5.70. The van der Waals surface area contributed by atoms with Gasteiger partial charge >= 0.3 is 11.9 Å². The zero-order chi connectivity index (χ0) is 12.0. The largest absolute Gasteiger partial charge is 0.478 e. The second-order valence-electron chi connectivity index (χ2n) is 3.10. The maximum absolute atomic E-state index is 11.4. The number of hydrogen-bond donors (Lipinski definition) is 1. The average Bonchev–Trinajstić information content (AvgIpc) is 2.29. The van der Waals surface area contributed by atoms with Gasteiger partial charge in [-0.05, 0) is 30.7 Å². The van der Waals surface area contributed by atoms with Crippen LogP contribution < -0.4 is 0 Å². The maximum Gasteiger partial charge on any atom is 0.338 e. The molecular weight excluding hydrogens is 208 g/mol. The van der Waals surface area contributed by atoms with Gasteiger partial charge in [-0.1, -0.05) is 6.08 Å². The van der Waals surface area contributed by atoms with Crippen molar-refractivity contribution in [3.8, 4) is 0 Å². The SMILES string of the molecule is C=CCCOC(=O)c1ccc(C(=O)O)cc1. The van der Waals surface area contributed by atoms with E-state index in [0.29, 0.717) is 12.0 Å². The molecule has 0 saturated carbocycles. The average molecular weight is 220 g/mol. The monoisotopic (exact) mass is 220 g/mol. The van der Waals surface area contributed by atoms with E-state index >= 15 is 0 Å². The number of esters is 1.